The highest BCUT2D eigenvalue weighted by Crippen LogP contribution is 2.15. The van der Waals surface area contributed by atoms with Crippen LogP contribution in [0.1, 0.15) is 13.3 Å². The highest BCUT2D eigenvalue weighted by Gasteiger charge is 2.11. The van der Waals surface area contributed by atoms with Gasteiger partial charge >= 0.3 is 12.0 Å². The van der Waals surface area contributed by atoms with Crippen LogP contribution in [0.15, 0.2) is 36.5 Å². The maximum Gasteiger partial charge on any atom is 0.319 e. The SMILES string of the molecule is CC(CC(=O)O)NC(=O)Nc1cnc2ccccc2c1. The van der Waals surface area contributed by atoms with Crippen molar-refractivity contribution in [2.24, 2.45) is 0 Å². The van der Waals surface area contributed by atoms with E-state index in [9.17, 15) is 9.59 Å². The molecule has 2 amide bonds. The molecule has 0 bridgehead atoms. The molecule has 0 radical (unpaired) electrons. The highest BCUT2D eigenvalue weighted by molar-refractivity contribution is 5.92. The number of para-hydroxylation sites is 1. The van der Waals surface area contributed by atoms with E-state index in [0.29, 0.717) is 5.69 Å². The number of hydrogen-bond acceptors (Lipinski definition) is 3. The predicted molar refractivity (Wildman–Crippen MR) is 75.6 cm³/mol. The van der Waals surface area contributed by atoms with Crippen molar-refractivity contribution in [1.29, 1.82) is 0 Å². The summed E-state index contributed by atoms with van der Waals surface area (Å²) in [4.78, 5) is 26.4. The Morgan fingerprint density at radius 2 is 2.10 bits per heavy atom. The first-order valence-electron chi connectivity index (χ1n) is 6.18. The summed E-state index contributed by atoms with van der Waals surface area (Å²) < 4.78 is 0. The van der Waals surface area contributed by atoms with Crippen LogP contribution in [0, 0.1) is 0 Å². The van der Waals surface area contributed by atoms with Crippen LogP contribution in [0.2, 0.25) is 0 Å². The van der Waals surface area contributed by atoms with Gasteiger partial charge in [-0.2, -0.15) is 0 Å². The van der Waals surface area contributed by atoms with E-state index in [1.807, 2.05) is 30.3 Å². The first-order valence-corrected chi connectivity index (χ1v) is 6.18. The predicted octanol–water partition coefficient (Wildman–Crippen LogP) is 2.22. The van der Waals surface area contributed by atoms with E-state index < -0.39 is 18.0 Å². The number of aliphatic carboxylic acids is 1. The number of urea groups is 1. The zero-order valence-electron chi connectivity index (χ0n) is 11.0. The second-order valence-electron chi connectivity index (χ2n) is 4.51. The number of hydrogen-bond donors (Lipinski definition) is 3. The van der Waals surface area contributed by atoms with E-state index in [1.54, 1.807) is 13.1 Å². The monoisotopic (exact) mass is 273 g/mol. The lowest BCUT2D eigenvalue weighted by atomic mass is 10.2. The number of aromatic nitrogens is 1. The lowest BCUT2D eigenvalue weighted by molar-refractivity contribution is -0.137. The Labute approximate surface area is 115 Å². The molecule has 0 spiro atoms. The standard InChI is InChI=1S/C14H15N3O3/c1-9(6-13(18)19)16-14(20)17-11-7-10-4-2-3-5-12(10)15-8-11/h2-5,7-9H,6H2,1H3,(H,18,19)(H2,16,17,20). The van der Waals surface area contributed by atoms with Crippen LogP contribution < -0.4 is 10.6 Å². The van der Waals surface area contributed by atoms with Crippen LogP contribution in [-0.4, -0.2) is 28.1 Å². The van der Waals surface area contributed by atoms with Gasteiger partial charge in [-0.25, -0.2) is 4.79 Å². The Kier molecular flexibility index (Phi) is 4.14. The summed E-state index contributed by atoms with van der Waals surface area (Å²) >= 11 is 0. The third-order valence-corrected chi connectivity index (χ3v) is 2.71. The van der Waals surface area contributed by atoms with Crippen LogP contribution in [0.5, 0.6) is 0 Å². The van der Waals surface area contributed by atoms with Gasteiger partial charge < -0.3 is 15.7 Å². The molecule has 1 heterocycles. The Morgan fingerprint density at radius 1 is 1.35 bits per heavy atom. The van der Waals surface area contributed by atoms with Crippen molar-refractivity contribution in [2.45, 2.75) is 19.4 Å². The van der Waals surface area contributed by atoms with Crippen molar-refractivity contribution in [2.75, 3.05) is 5.32 Å². The quantitative estimate of drug-likeness (QED) is 0.796. The topological polar surface area (TPSA) is 91.3 Å². The fourth-order valence-electron chi connectivity index (χ4n) is 1.84. The smallest absolute Gasteiger partial charge is 0.319 e. The van der Waals surface area contributed by atoms with E-state index in [1.165, 1.54) is 0 Å². The van der Waals surface area contributed by atoms with Gasteiger partial charge in [0, 0.05) is 11.4 Å². The number of amides is 2. The molecule has 1 unspecified atom stereocenters. The first-order chi connectivity index (χ1) is 9.54. The van der Waals surface area contributed by atoms with Crippen LogP contribution >= 0.6 is 0 Å². The van der Waals surface area contributed by atoms with Crippen molar-refractivity contribution in [3.8, 4) is 0 Å². The third kappa shape index (κ3) is 3.68. The van der Waals surface area contributed by atoms with Gasteiger partial charge in [0.25, 0.3) is 0 Å². The van der Waals surface area contributed by atoms with E-state index in [2.05, 4.69) is 15.6 Å². The van der Waals surface area contributed by atoms with Crippen molar-refractivity contribution < 1.29 is 14.7 Å². The minimum atomic E-state index is -0.954. The number of carbonyl (C=O) groups excluding carboxylic acids is 1. The molecule has 3 N–H and O–H groups in total. The summed E-state index contributed by atoms with van der Waals surface area (Å²) in [7, 11) is 0. The number of pyridine rings is 1. The summed E-state index contributed by atoms with van der Waals surface area (Å²) in [5, 5.41) is 14.7. The van der Waals surface area contributed by atoms with Crippen LogP contribution in [0.25, 0.3) is 10.9 Å². The summed E-state index contributed by atoms with van der Waals surface area (Å²) in [5.41, 5.74) is 1.40. The summed E-state index contributed by atoms with van der Waals surface area (Å²) in [5.74, 6) is -0.954. The minimum absolute atomic E-state index is 0.122. The number of fused-ring (bicyclic) bond motifs is 1. The summed E-state index contributed by atoms with van der Waals surface area (Å²) in [6, 6.07) is 8.48. The van der Waals surface area contributed by atoms with Gasteiger partial charge in [0.1, 0.15) is 0 Å². The molecule has 20 heavy (non-hydrogen) atoms. The van der Waals surface area contributed by atoms with Gasteiger partial charge in [-0.05, 0) is 19.1 Å². The van der Waals surface area contributed by atoms with Crippen molar-refractivity contribution in [1.82, 2.24) is 10.3 Å². The molecule has 2 aromatic rings. The average molecular weight is 273 g/mol. The number of carboxylic acid groups (broad SMARTS) is 1. The number of benzene rings is 1. The second kappa shape index (κ2) is 6.01. The molecule has 1 aromatic carbocycles. The van der Waals surface area contributed by atoms with Gasteiger partial charge in [-0.3, -0.25) is 9.78 Å². The highest BCUT2D eigenvalue weighted by atomic mass is 16.4. The molecule has 6 heteroatoms. The number of rotatable bonds is 4. The fourth-order valence-corrected chi connectivity index (χ4v) is 1.84. The molecule has 0 saturated carbocycles. The van der Waals surface area contributed by atoms with Gasteiger partial charge in [-0.1, -0.05) is 18.2 Å². The average Bonchev–Trinajstić information content (AvgIpc) is 2.37. The normalized spacial score (nSPS) is 11.8. The summed E-state index contributed by atoms with van der Waals surface area (Å²) in [6.07, 6.45) is 1.44. The number of carbonyl (C=O) groups is 2. The van der Waals surface area contributed by atoms with Gasteiger partial charge in [0.05, 0.1) is 23.8 Å². The molecule has 2 rings (SSSR count). The van der Waals surface area contributed by atoms with Crippen molar-refractivity contribution in [3.63, 3.8) is 0 Å². The Bertz CT molecular complexity index is 642. The van der Waals surface area contributed by atoms with Crippen LogP contribution in [-0.2, 0) is 4.79 Å². The number of carboxylic acids is 1. The van der Waals surface area contributed by atoms with Crippen molar-refractivity contribution in [3.05, 3.63) is 36.5 Å². The number of nitrogens with one attached hydrogen (secondary N) is 2. The Hall–Kier alpha value is -2.63. The number of anilines is 1. The van der Waals surface area contributed by atoms with E-state index in [-0.39, 0.29) is 6.42 Å². The lowest BCUT2D eigenvalue weighted by Crippen LogP contribution is -2.37. The molecule has 0 aliphatic heterocycles. The molecule has 0 aliphatic carbocycles. The molecule has 1 atom stereocenters. The minimum Gasteiger partial charge on any atom is -0.481 e. The zero-order chi connectivity index (χ0) is 14.5. The van der Waals surface area contributed by atoms with Gasteiger partial charge in [0.15, 0.2) is 0 Å². The van der Waals surface area contributed by atoms with Gasteiger partial charge in [0.2, 0.25) is 0 Å². The Balaban J connectivity index is 2.00. The van der Waals surface area contributed by atoms with E-state index >= 15 is 0 Å². The van der Waals surface area contributed by atoms with Crippen LogP contribution in [0.4, 0.5) is 10.5 Å². The lowest BCUT2D eigenvalue weighted by Gasteiger charge is -2.12. The molecule has 1 aromatic heterocycles. The van der Waals surface area contributed by atoms with E-state index in [4.69, 9.17) is 5.11 Å². The molecule has 0 fully saturated rings. The molecule has 0 saturated heterocycles. The fraction of sp³-hybridized carbons (Fsp3) is 0.214. The largest absolute Gasteiger partial charge is 0.481 e. The molecule has 104 valence electrons. The zero-order valence-corrected chi connectivity index (χ0v) is 11.0. The van der Waals surface area contributed by atoms with Crippen molar-refractivity contribution >= 4 is 28.6 Å². The maximum atomic E-state index is 11.7. The summed E-state index contributed by atoms with van der Waals surface area (Å²) in [6.45, 7) is 1.63. The second-order valence-corrected chi connectivity index (χ2v) is 4.51. The number of nitrogens with zero attached hydrogens (tertiary/aromatic N) is 1. The van der Waals surface area contributed by atoms with E-state index in [0.717, 1.165) is 10.9 Å². The Morgan fingerprint density at radius 3 is 2.85 bits per heavy atom. The molecular formula is C14H15N3O3. The van der Waals surface area contributed by atoms with Gasteiger partial charge in [-0.15, -0.1) is 0 Å². The van der Waals surface area contributed by atoms with Crippen LogP contribution in [0.3, 0.4) is 0 Å². The third-order valence-electron chi connectivity index (χ3n) is 2.71. The maximum absolute atomic E-state index is 11.7. The first kappa shape index (κ1) is 13.8. The molecule has 6 nitrogen and oxygen atoms in total. The molecular weight excluding hydrogens is 258 g/mol. The molecule has 0 aliphatic rings.